The zero-order chi connectivity index (χ0) is 12.0. The van der Waals surface area contributed by atoms with Crippen molar-refractivity contribution in [1.82, 2.24) is 10.2 Å². The molecule has 1 saturated heterocycles. The van der Waals surface area contributed by atoms with Gasteiger partial charge in [0.25, 0.3) is 0 Å². The van der Waals surface area contributed by atoms with Crippen LogP contribution in [0, 0.1) is 5.92 Å². The maximum atomic E-state index is 3.58. The second-order valence-corrected chi connectivity index (χ2v) is 5.60. The van der Waals surface area contributed by atoms with E-state index in [2.05, 4.69) is 37.9 Å². The molecule has 1 aliphatic rings. The molecule has 1 fully saturated rings. The standard InChI is InChI=1S/C14H30N2/c1-5-6-9-15-11-13(4)16-10-7-8-14(16)12(2)3/h12-15H,5-11H2,1-4H3. The van der Waals surface area contributed by atoms with Crippen molar-refractivity contribution in [3.63, 3.8) is 0 Å². The molecule has 1 heterocycles. The quantitative estimate of drug-likeness (QED) is 0.672. The molecule has 2 unspecified atom stereocenters. The highest BCUT2D eigenvalue weighted by Crippen LogP contribution is 2.25. The summed E-state index contributed by atoms with van der Waals surface area (Å²) in [6.07, 6.45) is 5.39. The van der Waals surface area contributed by atoms with Gasteiger partial charge in [-0.2, -0.15) is 0 Å². The van der Waals surface area contributed by atoms with Crippen LogP contribution < -0.4 is 5.32 Å². The molecule has 96 valence electrons. The molecule has 0 aromatic heterocycles. The number of hydrogen-bond donors (Lipinski definition) is 1. The van der Waals surface area contributed by atoms with Crippen LogP contribution in [0.2, 0.25) is 0 Å². The first-order chi connectivity index (χ1) is 7.66. The molecule has 2 heteroatoms. The average molecular weight is 226 g/mol. The van der Waals surface area contributed by atoms with Crippen LogP contribution in [0.25, 0.3) is 0 Å². The van der Waals surface area contributed by atoms with Crippen molar-refractivity contribution in [3.05, 3.63) is 0 Å². The second-order valence-electron chi connectivity index (χ2n) is 5.60. The van der Waals surface area contributed by atoms with E-state index >= 15 is 0 Å². The number of hydrogen-bond acceptors (Lipinski definition) is 2. The zero-order valence-corrected chi connectivity index (χ0v) is 11.6. The molecule has 2 nitrogen and oxygen atoms in total. The topological polar surface area (TPSA) is 15.3 Å². The first-order valence-corrected chi connectivity index (χ1v) is 7.13. The molecule has 0 aromatic carbocycles. The van der Waals surface area contributed by atoms with Crippen molar-refractivity contribution in [2.75, 3.05) is 19.6 Å². The maximum absolute atomic E-state index is 3.58. The number of rotatable bonds is 7. The fourth-order valence-corrected chi connectivity index (χ4v) is 2.81. The summed E-state index contributed by atoms with van der Waals surface area (Å²) >= 11 is 0. The fourth-order valence-electron chi connectivity index (χ4n) is 2.81. The lowest BCUT2D eigenvalue weighted by Crippen LogP contribution is -2.45. The Bertz CT molecular complexity index is 180. The highest BCUT2D eigenvalue weighted by atomic mass is 15.2. The summed E-state index contributed by atoms with van der Waals surface area (Å²) in [6, 6.07) is 1.52. The SMILES string of the molecule is CCCCNCC(C)N1CCCC1C(C)C. The largest absolute Gasteiger partial charge is 0.315 e. The summed E-state index contributed by atoms with van der Waals surface area (Å²) in [6.45, 7) is 13.0. The van der Waals surface area contributed by atoms with Crippen LogP contribution in [0.4, 0.5) is 0 Å². The Labute approximate surface area is 102 Å². The fraction of sp³-hybridized carbons (Fsp3) is 1.00. The van der Waals surface area contributed by atoms with Crippen molar-refractivity contribution in [2.24, 2.45) is 5.92 Å². The Hall–Kier alpha value is -0.0800. The van der Waals surface area contributed by atoms with E-state index in [1.807, 2.05) is 0 Å². The first kappa shape index (κ1) is 14.0. The van der Waals surface area contributed by atoms with Crippen molar-refractivity contribution in [1.29, 1.82) is 0 Å². The molecule has 2 atom stereocenters. The summed E-state index contributed by atoms with van der Waals surface area (Å²) in [5.41, 5.74) is 0. The van der Waals surface area contributed by atoms with E-state index in [-0.39, 0.29) is 0 Å². The first-order valence-electron chi connectivity index (χ1n) is 7.13. The van der Waals surface area contributed by atoms with Crippen LogP contribution >= 0.6 is 0 Å². The van der Waals surface area contributed by atoms with Gasteiger partial charge in [0, 0.05) is 18.6 Å². The van der Waals surface area contributed by atoms with Gasteiger partial charge < -0.3 is 5.32 Å². The third-order valence-corrected chi connectivity index (χ3v) is 3.82. The molecule has 1 rings (SSSR count). The number of nitrogens with one attached hydrogen (secondary N) is 1. The van der Waals surface area contributed by atoms with Crippen molar-refractivity contribution < 1.29 is 0 Å². The Balaban J connectivity index is 2.26. The zero-order valence-electron chi connectivity index (χ0n) is 11.6. The third kappa shape index (κ3) is 4.06. The van der Waals surface area contributed by atoms with E-state index in [1.165, 1.54) is 38.8 Å². The minimum atomic E-state index is 0.701. The molecule has 0 aromatic rings. The molecule has 1 N–H and O–H groups in total. The number of nitrogens with zero attached hydrogens (tertiary/aromatic N) is 1. The van der Waals surface area contributed by atoms with Crippen molar-refractivity contribution >= 4 is 0 Å². The predicted molar refractivity (Wildman–Crippen MR) is 71.8 cm³/mol. The minimum absolute atomic E-state index is 0.701. The van der Waals surface area contributed by atoms with Crippen molar-refractivity contribution in [2.45, 2.75) is 65.5 Å². The Morgan fingerprint density at radius 3 is 2.69 bits per heavy atom. The summed E-state index contributed by atoms with van der Waals surface area (Å²) < 4.78 is 0. The predicted octanol–water partition coefficient (Wildman–Crippen LogP) is 2.89. The van der Waals surface area contributed by atoms with Crippen LogP contribution in [0.3, 0.4) is 0 Å². The lowest BCUT2D eigenvalue weighted by molar-refractivity contribution is 0.153. The van der Waals surface area contributed by atoms with Gasteiger partial charge in [0.1, 0.15) is 0 Å². The van der Waals surface area contributed by atoms with Crippen LogP contribution in [-0.2, 0) is 0 Å². The second kappa shape index (κ2) is 7.29. The minimum Gasteiger partial charge on any atom is -0.315 e. The average Bonchev–Trinajstić information content (AvgIpc) is 2.73. The van der Waals surface area contributed by atoms with Crippen molar-refractivity contribution in [3.8, 4) is 0 Å². The normalized spacial score (nSPS) is 24.2. The summed E-state index contributed by atoms with van der Waals surface area (Å²) in [5, 5.41) is 3.58. The van der Waals surface area contributed by atoms with Gasteiger partial charge in [-0.05, 0) is 45.2 Å². The van der Waals surface area contributed by atoms with Gasteiger partial charge in [-0.15, -0.1) is 0 Å². The molecule has 0 radical (unpaired) electrons. The van der Waals surface area contributed by atoms with E-state index in [0.29, 0.717) is 6.04 Å². The lowest BCUT2D eigenvalue weighted by Gasteiger charge is -2.33. The Morgan fingerprint density at radius 2 is 2.06 bits per heavy atom. The molecule has 0 spiro atoms. The van der Waals surface area contributed by atoms with Crippen LogP contribution in [0.1, 0.15) is 53.4 Å². The van der Waals surface area contributed by atoms with E-state index < -0.39 is 0 Å². The molecule has 0 aliphatic carbocycles. The molecular weight excluding hydrogens is 196 g/mol. The summed E-state index contributed by atoms with van der Waals surface area (Å²) in [4.78, 5) is 2.71. The summed E-state index contributed by atoms with van der Waals surface area (Å²) in [5.74, 6) is 0.806. The number of likely N-dealkylation sites (tertiary alicyclic amines) is 1. The summed E-state index contributed by atoms with van der Waals surface area (Å²) in [7, 11) is 0. The maximum Gasteiger partial charge on any atom is 0.0195 e. The van der Waals surface area contributed by atoms with E-state index in [1.54, 1.807) is 0 Å². The highest BCUT2D eigenvalue weighted by molar-refractivity contribution is 4.85. The van der Waals surface area contributed by atoms with Gasteiger partial charge in [-0.25, -0.2) is 0 Å². The van der Waals surface area contributed by atoms with E-state index in [9.17, 15) is 0 Å². The molecule has 1 aliphatic heterocycles. The van der Waals surface area contributed by atoms with Crippen LogP contribution in [0.5, 0.6) is 0 Å². The molecule has 0 bridgehead atoms. The molecule has 0 amide bonds. The van der Waals surface area contributed by atoms with Gasteiger partial charge in [0.05, 0.1) is 0 Å². The lowest BCUT2D eigenvalue weighted by atomic mass is 10.0. The van der Waals surface area contributed by atoms with Gasteiger partial charge in [-0.1, -0.05) is 27.2 Å². The van der Waals surface area contributed by atoms with Gasteiger partial charge in [-0.3, -0.25) is 4.90 Å². The molecule has 0 saturated carbocycles. The highest BCUT2D eigenvalue weighted by Gasteiger charge is 2.29. The monoisotopic (exact) mass is 226 g/mol. The Kier molecular flexibility index (Phi) is 6.37. The van der Waals surface area contributed by atoms with E-state index in [4.69, 9.17) is 0 Å². The Morgan fingerprint density at radius 1 is 1.31 bits per heavy atom. The van der Waals surface area contributed by atoms with Gasteiger partial charge in [0.2, 0.25) is 0 Å². The molecular formula is C14H30N2. The van der Waals surface area contributed by atoms with Crippen LogP contribution in [0.15, 0.2) is 0 Å². The van der Waals surface area contributed by atoms with E-state index in [0.717, 1.165) is 18.5 Å². The van der Waals surface area contributed by atoms with Gasteiger partial charge in [0.15, 0.2) is 0 Å². The smallest absolute Gasteiger partial charge is 0.0195 e. The molecule has 16 heavy (non-hydrogen) atoms. The third-order valence-electron chi connectivity index (χ3n) is 3.82. The van der Waals surface area contributed by atoms with Crippen LogP contribution in [-0.4, -0.2) is 36.6 Å². The number of unbranched alkanes of at least 4 members (excludes halogenated alkanes) is 1. The van der Waals surface area contributed by atoms with Gasteiger partial charge >= 0.3 is 0 Å².